The first-order chi connectivity index (χ1) is 8.24. The molecule has 0 unspecified atom stereocenters. The van der Waals surface area contributed by atoms with Gasteiger partial charge in [-0.3, -0.25) is 4.98 Å². The van der Waals surface area contributed by atoms with E-state index >= 15 is 0 Å². The molecule has 1 aromatic carbocycles. The number of rotatable bonds is 1. The van der Waals surface area contributed by atoms with Gasteiger partial charge in [0.1, 0.15) is 11.6 Å². The second kappa shape index (κ2) is 3.75. The van der Waals surface area contributed by atoms with Crippen LogP contribution in [0, 0.1) is 0 Å². The van der Waals surface area contributed by atoms with E-state index in [2.05, 4.69) is 15.0 Å². The average Bonchev–Trinajstić information content (AvgIpc) is 2.72. The summed E-state index contributed by atoms with van der Waals surface area (Å²) in [5, 5.41) is 10.3. The maximum atomic E-state index is 9.81. The van der Waals surface area contributed by atoms with E-state index in [0.717, 1.165) is 11.0 Å². The highest BCUT2D eigenvalue weighted by atomic mass is 35.5. The summed E-state index contributed by atoms with van der Waals surface area (Å²) in [4.78, 5) is 11.5. The summed E-state index contributed by atoms with van der Waals surface area (Å²) in [6, 6.07) is 6.73. The molecule has 4 nitrogen and oxygen atoms in total. The highest BCUT2D eigenvalue weighted by molar-refractivity contribution is 6.30. The van der Waals surface area contributed by atoms with Gasteiger partial charge in [0.05, 0.1) is 22.8 Å². The lowest BCUT2D eigenvalue weighted by atomic mass is 10.2. The number of H-pyrrole nitrogens is 1. The van der Waals surface area contributed by atoms with E-state index in [1.165, 1.54) is 6.07 Å². The lowest BCUT2D eigenvalue weighted by molar-refractivity contribution is 0.477. The number of hydrogen-bond acceptors (Lipinski definition) is 3. The Bertz CT molecular complexity index is 660. The van der Waals surface area contributed by atoms with E-state index in [9.17, 15) is 5.11 Å². The third-order valence-electron chi connectivity index (χ3n) is 2.50. The molecule has 0 amide bonds. The van der Waals surface area contributed by atoms with Crippen LogP contribution >= 0.6 is 11.6 Å². The molecule has 0 aliphatic rings. The van der Waals surface area contributed by atoms with Gasteiger partial charge in [-0.15, -0.1) is 0 Å². The first-order valence-electron chi connectivity index (χ1n) is 5.02. The highest BCUT2D eigenvalue weighted by Gasteiger charge is 2.09. The van der Waals surface area contributed by atoms with Crippen molar-refractivity contribution in [1.82, 2.24) is 15.0 Å². The van der Waals surface area contributed by atoms with Crippen LogP contribution in [0.1, 0.15) is 0 Å². The Morgan fingerprint density at radius 1 is 1.24 bits per heavy atom. The zero-order chi connectivity index (χ0) is 11.8. The number of aromatic hydroxyl groups is 1. The minimum Gasteiger partial charge on any atom is -0.507 e. The van der Waals surface area contributed by atoms with Crippen molar-refractivity contribution >= 4 is 22.6 Å². The quantitative estimate of drug-likeness (QED) is 0.693. The summed E-state index contributed by atoms with van der Waals surface area (Å²) in [6.07, 6.45) is 3.37. The second-order valence-corrected chi connectivity index (χ2v) is 4.08. The molecule has 84 valence electrons. The average molecular weight is 246 g/mol. The smallest absolute Gasteiger partial charge is 0.142 e. The molecule has 0 aliphatic heterocycles. The van der Waals surface area contributed by atoms with Gasteiger partial charge in [0, 0.05) is 11.2 Å². The van der Waals surface area contributed by atoms with Crippen LogP contribution < -0.4 is 0 Å². The number of nitrogens with zero attached hydrogens (tertiary/aromatic N) is 2. The van der Waals surface area contributed by atoms with Gasteiger partial charge in [-0.05, 0) is 24.3 Å². The van der Waals surface area contributed by atoms with Crippen LogP contribution in [0.3, 0.4) is 0 Å². The van der Waals surface area contributed by atoms with Crippen molar-refractivity contribution in [3.05, 3.63) is 41.7 Å². The summed E-state index contributed by atoms with van der Waals surface area (Å²) < 4.78 is 0. The van der Waals surface area contributed by atoms with E-state index in [-0.39, 0.29) is 5.75 Å². The lowest BCUT2D eigenvalue weighted by Gasteiger charge is -2.00. The number of phenolic OH excluding ortho intramolecular Hbond substituents is 1. The Hall–Kier alpha value is -2.07. The predicted octanol–water partition coefficient (Wildman–Crippen LogP) is 2.98. The van der Waals surface area contributed by atoms with E-state index in [4.69, 9.17) is 11.6 Å². The number of phenols is 1. The molecule has 0 aliphatic carbocycles. The first-order valence-corrected chi connectivity index (χ1v) is 5.40. The van der Waals surface area contributed by atoms with Crippen molar-refractivity contribution in [3.8, 4) is 17.1 Å². The Balaban J connectivity index is 2.20. The van der Waals surface area contributed by atoms with Gasteiger partial charge in [0.15, 0.2) is 0 Å². The van der Waals surface area contributed by atoms with E-state index < -0.39 is 0 Å². The number of aromatic nitrogens is 3. The van der Waals surface area contributed by atoms with Gasteiger partial charge in [0.2, 0.25) is 0 Å². The molecular formula is C12H8ClN3O. The van der Waals surface area contributed by atoms with Crippen LogP contribution in [0.4, 0.5) is 0 Å². The molecule has 3 aromatic rings. The Morgan fingerprint density at radius 3 is 2.88 bits per heavy atom. The van der Waals surface area contributed by atoms with Crippen molar-refractivity contribution < 1.29 is 5.11 Å². The number of benzene rings is 1. The summed E-state index contributed by atoms with van der Waals surface area (Å²) in [7, 11) is 0. The molecule has 2 heterocycles. The van der Waals surface area contributed by atoms with Gasteiger partial charge in [0.25, 0.3) is 0 Å². The standard InChI is InChI=1S/C12H8ClN3O/c13-7-1-2-8(11(17)5-7)12-15-9-3-4-14-6-10(9)16-12/h1-6,17H,(H,15,16). The number of imidazole rings is 1. The largest absolute Gasteiger partial charge is 0.507 e. The molecule has 2 aromatic heterocycles. The van der Waals surface area contributed by atoms with Gasteiger partial charge in [-0.2, -0.15) is 0 Å². The number of aromatic amines is 1. The van der Waals surface area contributed by atoms with Gasteiger partial charge < -0.3 is 10.1 Å². The maximum absolute atomic E-state index is 9.81. The molecule has 2 N–H and O–H groups in total. The predicted molar refractivity (Wildman–Crippen MR) is 66.0 cm³/mol. The van der Waals surface area contributed by atoms with E-state index in [1.54, 1.807) is 24.5 Å². The Labute approximate surface area is 102 Å². The third-order valence-corrected chi connectivity index (χ3v) is 2.73. The Morgan fingerprint density at radius 2 is 2.12 bits per heavy atom. The fourth-order valence-electron chi connectivity index (χ4n) is 1.69. The summed E-state index contributed by atoms with van der Waals surface area (Å²) >= 11 is 5.78. The maximum Gasteiger partial charge on any atom is 0.142 e. The summed E-state index contributed by atoms with van der Waals surface area (Å²) in [5.41, 5.74) is 2.26. The lowest BCUT2D eigenvalue weighted by Crippen LogP contribution is -1.81. The topological polar surface area (TPSA) is 61.8 Å². The monoisotopic (exact) mass is 245 g/mol. The first kappa shape index (κ1) is 10.1. The minimum atomic E-state index is 0.101. The van der Waals surface area contributed by atoms with Crippen LogP contribution in [0.15, 0.2) is 36.7 Å². The summed E-state index contributed by atoms with van der Waals surface area (Å²) in [5.74, 6) is 0.701. The van der Waals surface area contributed by atoms with Gasteiger partial charge in [-0.25, -0.2) is 4.98 Å². The summed E-state index contributed by atoms with van der Waals surface area (Å²) in [6.45, 7) is 0. The van der Waals surface area contributed by atoms with Crippen molar-refractivity contribution in [3.63, 3.8) is 0 Å². The van der Waals surface area contributed by atoms with Crippen LogP contribution in [0.25, 0.3) is 22.4 Å². The van der Waals surface area contributed by atoms with Crippen LogP contribution in [0.5, 0.6) is 5.75 Å². The van der Waals surface area contributed by atoms with Crippen LogP contribution in [-0.4, -0.2) is 20.1 Å². The molecule has 0 saturated carbocycles. The van der Waals surface area contributed by atoms with Crippen molar-refractivity contribution in [1.29, 1.82) is 0 Å². The van der Waals surface area contributed by atoms with Gasteiger partial charge in [-0.1, -0.05) is 11.6 Å². The van der Waals surface area contributed by atoms with E-state index in [0.29, 0.717) is 16.4 Å². The number of halogens is 1. The number of nitrogens with one attached hydrogen (secondary N) is 1. The zero-order valence-corrected chi connectivity index (χ0v) is 9.44. The molecule has 0 fully saturated rings. The minimum absolute atomic E-state index is 0.101. The fourth-order valence-corrected chi connectivity index (χ4v) is 1.86. The molecule has 3 rings (SSSR count). The third kappa shape index (κ3) is 1.72. The van der Waals surface area contributed by atoms with Crippen molar-refractivity contribution in [2.75, 3.05) is 0 Å². The molecule has 0 spiro atoms. The molecule has 17 heavy (non-hydrogen) atoms. The fraction of sp³-hybridized carbons (Fsp3) is 0. The zero-order valence-electron chi connectivity index (χ0n) is 8.68. The molecule has 0 saturated heterocycles. The SMILES string of the molecule is Oc1cc(Cl)ccc1-c1nc2ccncc2[nH]1. The Kier molecular flexibility index (Phi) is 2.23. The molecule has 0 atom stereocenters. The molecule has 0 radical (unpaired) electrons. The molecule has 0 bridgehead atoms. The number of fused-ring (bicyclic) bond motifs is 1. The van der Waals surface area contributed by atoms with Crippen molar-refractivity contribution in [2.24, 2.45) is 0 Å². The second-order valence-electron chi connectivity index (χ2n) is 3.64. The molecule has 5 heteroatoms. The molecular weight excluding hydrogens is 238 g/mol. The van der Waals surface area contributed by atoms with E-state index in [1.807, 2.05) is 6.07 Å². The van der Waals surface area contributed by atoms with Crippen molar-refractivity contribution in [2.45, 2.75) is 0 Å². The van der Waals surface area contributed by atoms with Gasteiger partial charge >= 0.3 is 0 Å². The van der Waals surface area contributed by atoms with Crippen LogP contribution in [-0.2, 0) is 0 Å². The number of hydrogen-bond donors (Lipinski definition) is 2. The van der Waals surface area contributed by atoms with Crippen LogP contribution in [0.2, 0.25) is 5.02 Å². The highest BCUT2D eigenvalue weighted by Crippen LogP contribution is 2.30. The number of pyridine rings is 1. The normalized spacial score (nSPS) is 10.9.